The highest BCUT2D eigenvalue weighted by Gasteiger charge is 1.98. The van der Waals surface area contributed by atoms with Gasteiger partial charge in [-0.2, -0.15) is 8.42 Å². The number of aromatic nitrogens is 2. The summed E-state index contributed by atoms with van der Waals surface area (Å²) in [6, 6.07) is 9.60. The standard InChI is InChI=1S/C5H5N.C4H5N.C3H8O3S.H3N/c1-2-4-6-5-3-1;1-2-4-5-3-1;1-2-3-7(4,5)6;/h1-5H;1-5H;2-3H2,1H3,(H,4,5,6);1H3. The molecule has 0 radical (unpaired) electrons. The SMILES string of the molecule is CCCS(=O)(=O)O.N.c1cc[nH]c1.c1ccncc1. The van der Waals surface area contributed by atoms with Gasteiger partial charge in [-0.05, 0) is 30.7 Å². The summed E-state index contributed by atoms with van der Waals surface area (Å²) in [5.41, 5.74) is 0. The first-order chi connectivity index (χ1) is 8.56. The number of pyridine rings is 1. The Kier molecular flexibility index (Phi) is 13.2. The predicted octanol–water partition coefficient (Wildman–Crippen LogP) is 2.54. The Hall–Kier alpha value is -1.70. The van der Waals surface area contributed by atoms with Crippen LogP contribution in [0, 0.1) is 0 Å². The van der Waals surface area contributed by atoms with Crippen molar-refractivity contribution < 1.29 is 13.0 Å². The van der Waals surface area contributed by atoms with Crippen LogP contribution in [0.25, 0.3) is 0 Å². The molecule has 2 heterocycles. The van der Waals surface area contributed by atoms with Gasteiger partial charge in [0.1, 0.15) is 0 Å². The second-order valence-electron chi connectivity index (χ2n) is 3.20. The topological polar surface area (TPSA) is 118 Å². The molecule has 0 atom stereocenters. The maximum Gasteiger partial charge on any atom is 0.264 e. The van der Waals surface area contributed by atoms with Crippen molar-refractivity contribution in [3.05, 3.63) is 55.1 Å². The summed E-state index contributed by atoms with van der Waals surface area (Å²) in [7, 11) is -3.67. The molecule has 0 bridgehead atoms. The zero-order valence-electron chi connectivity index (χ0n) is 10.9. The Morgan fingerprint density at radius 3 is 1.68 bits per heavy atom. The van der Waals surface area contributed by atoms with Crippen molar-refractivity contribution >= 4 is 10.1 Å². The first kappa shape index (κ1) is 19.6. The fraction of sp³-hybridized carbons (Fsp3) is 0.250. The lowest BCUT2D eigenvalue weighted by Crippen LogP contribution is -2.01. The molecule has 2 aromatic rings. The van der Waals surface area contributed by atoms with Crippen molar-refractivity contribution in [1.29, 1.82) is 0 Å². The Bertz CT molecular complexity index is 414. The summed E-state index contributed by atoms with van der Waals surface area (Å²) < 4.78 is 27.6. The van der Waals surface area contributed by atoms with Gasteiger partial charge >= 0.3 is 0 Å². The third-order valence-corrected chi connectivity index (χ3v) is 2.45. The second kappa shape index (κ2) is 12.7. The molecule has 0 aromatic carbocycles. The van der Waals surface area contributed by atoms with E-state index in [1.165, 1.54) is 0 Å². The smallest absolute Gasteiger partial charge is 0.264 e. The van der Waals surface area contributed by atoms with Gasteiger partial charge in [0.25, 0.3) is 10.1 Å². The van der Waals surface area contributed by atoms with E-state index in [1.54, 1.807) is 19.3 Å². The van der Waals surface area contributed by atoms with E-state index >= 15 is 0 Å². The Morgan fingerprint density at radius 2 is 1.58 bits per heavy atom. The molecule has 0 fully saturated rings. The van der Waals surface area contributed by atoms with Crippen LogP contribution in [0.2, 0.25) is 0 Å². The lowest BCUT2D eigenvalue weighted by Gasteiger charge is -1.85. The lowest BCUT2D eigenvalue weighted by atomic mass is 10.5. The van der Waals surface area contributed by atoms with Gasteiger partial charge in [-0.3, -0.25) is 9.54 Å². The van der Waals surface area contributed by atoms with Crippen molar-refractivity contribution in [2.45, 2.75) is 13.3 Å². The van der Waals surface area contributed by atoms with E-state index in [0.29, 0.717) is 6.42 Å². The summed E-state index contributed by atoms with van der Waals surface area (Å²) >= 11 is 0. The number of nitrogens with one attached hydrogen (secondary N) is 1. The van der Waals surface area contributed by atoms with Crippen LogP contribution in [0.1, 0.15) is 13.3 Å². The van der Waals surface area contributed by atoms with Gasteiger partial charge in [0.2, 0.25) is 0 Å². The minimum Gasteiger partial charge on any atom is -0.368 e. The Balaban J connectivity index is 0. The molecule has 2 rings (SSSR count). The monoisotopic (exact) mass is 287 g/mol. The molecule has 19 heavy (non-hydrogen) atoms. The summed E-state index contributed by atoms with van der Waals surface area (Å²) in [5, 5.41) is 0. The minimum absolute atomic E-state index is 0. The molecule has 5 N–H and O–H groups in total. The van der Waals surface area contributed by atoms with Crippen molar-refractivity contribution in [2.24, 2.45) is 0 Å². The maximum atomic E-state index is 9.79. The van der Waals surface area contributed by atoms with Crippen molar-refractivity contribution in [1.82, 2.24) is 16.1 Å². The molecule has 0 saturated carbocycles. The van der Waals surface area contributed by atoms with Crippen molar-refractivity contribution in [2.75, 3.05) is 5.75 Å². The molecular weight excluding hydrogens is 266 g/mol. The van der Waals surface area contributed by atoms with Gasteiger partial charge in [-0.25, -0.2) is 0 Å². The van der Waals surface area contributed by atoms with Gasteiger partial charge in [-0.1, -0.05) is 13.0 Å². The second-order valence-corrected chi connectivity index (χ2v) is 4.77. The third-order valence-electron chi connectivity index (χ3n) is 1.52. The van der Waals surface area contributed by atoms with E-state index in [-0.39, 0.29) is 11.9 Å². The molecule has 0 unspecified atom stereocenters. The highest BCUT2D eigenvalue weighted by Crippen LogP contribution is 1.83. The van der Waals surface area contributed by atoms with Gasteiger partial charge in [0, 0.05) is 24.8 Å². The summed E-state index contributed by atoms with van der Waals surface area (Å²) in [6.45, 7) is 1.69. The maximum absolute atomic E-state index is 9.79. The molecule has 2 aromatic heterocycles. The molecule has 0 saturated heterocycles. The molecular formula is C12H21N3O3S. The Morgan fingerprint density at radius 1 is 1.05 bits per heavy atom. The zero-order chi connectivity index (χ0) is 13.7. The van der Waals surface area contributed by atoms with Crippen LogP contribution in [-0.4, -0.2) is 28.7 Å². The van der Waals surface area contributed by atoms with Crippen LogP contribution in [0.15, 0.2) is 55.1 Å². The van der Waals surface area contributed by atoms with E-state index in [1.807, 2.05) is 42.7 Å². The molecule has 0 aliphatic carbocycles. The van der Waals surface area contributed by atoms with Gasteiger partial charge in [0.05, 0.1) is 5.75 Å². The summed E-state index contributed by atoms with van der Waals surface area (Å²) in [6.07, 6.45) is 7.72. The van der Waals surface area contributed by atoms with Gasteiger partial charge in [0.15, 0.2) is 0 Å². The van der Waals surface area contributed by atoms with Crippen LogP contribution < -0.4 is 6.15 Å². The van der Waals surface area contributed by atoms with Crippen molar-refractivity contribution in [3.8, 4) is 0 Å². The van der Waals surface area contributed by atoms with Gasteiger partial charge in [-0.15, -0.1) is 0 Å². The van der Waals surface area contributed by atoms with E-state index < -0.39 is 10.1 Å². The minimum atomic E-state index is -3.67. The predicted molar refractivity (Wildman–Crippen MR) is 76.8 cm³/mol. The number of H-pyrrole nitrogens is 1. The fourth-order valence-corrected chi connectivity index (χ4v) is 1.36. The average molecular weight is 287 g/mol. The number of rotatable bonds is 2. The first-order valence-electron chi connectivity index (χ1n) is 5.44. The molecule has 0 aliphatic rings. The molecule has 0 aliphatic heterocycles. The molecule has 6 nitrogen and oxygen atoms in total. The summed E-state index contributed by atoms with van der Waals surface area (Å²) in [4.78, 5) is 6.65. The molecule has 0 spiro atoms. The molecule has 7 heteroatoms. The number of aromatic amines is 1. The quantitative estimate of drug-likeness (QED) is 0.733. The van der Waals surface area contributed by atoms with Crippen LogP contribution in [0.3, 0.4) is 0 Å². The van der Waals surface area contributed by atoms with Gasteiger partial charge < -0.3 is 11.1 Å². The highest BCUT2D eigenvalue weighted by molar-refractivity contribution is 7.85. The number of hydrogen-bond acceptors (Lipinski definition) is 4. The number of hydrogen-bond donors (Lipinski definition) is 3. The molecule has 108 valence electrons. The number of nitrogens with zero attached hydrogens (tertiary/aromatic N) is 1. The van der Waals surface area contributed by atoms with Crippen LogP contribution in [0.5, 0.6) is 0 Å². The van der Waals surface area contributed by atoms with E-state index in [0.717, 1.165) is 0 Å². The van der Waals surface area contributed by atoms with Crippen LogP contribution in [-0.2, 0) is 10.1 Å². The zero-order valence-corrected chi connectivity index (χ0v) is 11.8. The van der Waals surface area contributed by atoms with E-state index in [4.69, 9.17) is 4.55 Å². The third kappa shape index (κ3) is 18.8. The molecule has 0 amide bonds. The normalized spacial score (nSPS) is 8.95. The Labute approximate surface area is 114 Å². The largest absolute Gasteiger partial charge is 0.368 e. The lowest BCUT2D eigenvalue weighted by molar-refractivity contribution is 0.482. The first-order valence-corrected chi connectivity index (χ1v) is 7.05. The van der Waals surface area contributed by atoms with Crippen LogP contribution in [0.4, 0.5) is 0 Å². The highest BCUT2D eigenvalue weighted by atomic mass is 32.2. The van der Waals surface area contributed by atoms with Crippen LogP contribution >= 0.6 is 0 Å². The fourth-order valence-electron chi connectivity index (χ4n) is 0.848. The van der Waals surface area contributed by atoms with E-state index in [2.05, 4.69) is 9.97 Å². The summed E-state index contributed by atoms with van der Waals surface area (Å²) in [5.74, 6) is -0.132. The van der Waals surface area contributed by atoms with E-state index in [9.17, 15) is 8.42 Å². The van der Waals surface area contributed by atoms with Crippen molar-refractivity contribution in [3.63, 3.8) is 0 Å². The average Bonchev–Trinajstić information content (AvgIpc) is 2.89.